The van der Waals surface area contributed by atoms with Crippen molar-refractivity contribution in [1.82, 2.24) is 4.90 Å². The van der Waals surface area contributed by atoms with Crippen LogP contribution >= 0.6 is 0 Å². The van der Waals surface area contributed by atoms with Gasteiger partial charge in [-0.05, 0) is 37.3 Å². The summed E-state index contributed by atoms with van der Waals surface area (Å²) in [4.78, 5) is 27.0. The Morgan fingerprint density at radius 2 is 1.71 bits per heavy atom. The molecule has 2 atom stereocenters. The molecule has 2 aliphatic rings. The molecule has 1 saturated heterocycles. The summed E-state index contributed by atoms with van der Waals surface area (Å²) in [5.41, 5.74) is 2.34. The van der Waals surface area contributed by atoms with Crippen LogP contribution in [0, 0.1) is 18.8 Å². The van der Waals surface area contributed by atoms with Gasteiger partial charge in [-0.3, -0.25) is 9.59 Å². The minimum atomic E-state index is -0.0595. The van der Waals surface area contributed by atoms with Crippen LogP contribution in [0.4, 0.5) is 5.69 Å². The Labute approximate surface area is 143 Å². The van der Waals surface area contributed by atoms with E-state index < -0.39 is 0 Å². The van der Waals surface area contributed by atoms with Gasteiger partial charge in [0.05, 0.1) is 5.69 Å². The number of hydrazone groups is 1. The molecule has 0 aliphatic carbocycles. The Morgan fingerprint density at radius 1 is 1.08 bits per heavy atom. The molecule has 128 valence electrons. The fourth-order valence-corrected chi connectivity index (χ4v) is 3.61. The third-order valence-corrected chi connectivity index (χ3v) is 4.71. The van der Waals surface area contributed by atoms with E-state index in [1.54, 1.807) is 0 Å². The molecule has 0 spiro atoms. The van der Waals surface area contributed by atoms with Gasteiger partial charge in [-0.15, -0.1) is 0 Å². The molecule has 3 rings (SSSR count). The minimum absolute atomic E-state index is 0.0157. The van der Waals surface area contributed by atoms with E-state index in [4.69, 9.17) is 0 Å². The Morgan fingerprint density at radius 3 is 2.33 bits per heavy atom. The van der Waals surface area contributed by atoms with Crippen LogP contribution in [0.25, 0.3) is 0 Å². The zero-order valence-electron chi connectivity index (χ0n) is 14.7. The monoisotopic (exact) mass is 327 g/mol. The standard InChI is InChI=1S/C19H25N3O2/c1-13-4-6-16(7-5-13)22-18(23)9-8-17(20-22)19(24)21-11-14(2)10-15(3)12-21/h4-7,14-15H,8-12H2,1-3H3/t14-,15-/m0/s1. The zero-order valence-corrected chi connectivity index (χ0v) is 14.7. The zero-order chi connectivity index (χ0) is 17.3. The molecule has 0 radical (unpaired) electrons. The molecule has 2 amide bonds. The van der Waals surface area contributed by atoms with Crippen LogP contribution in [-0.4, -0.2) is 35.5 Å². The first-order valence-electron chi connectivity index (χ1n) is 8.70. The number of aryl methyl sites for hydroxylation is 1. The van der Waals surface area contributed by atoms with Crippen molar-refractivity contribution in [3.63, 3.8) is 0 Å². The lowest BCUT2D eigenvalue weighted by Crippen LogP contribution is -2.47. The summed E-state index contributed by atoms with van der Waals surface area (Å²) in [7, 11) is 0. The van der Waals surface area contributed by atoms with E-state index in [1.165, 1.54) is 5.01 Å². The summed E-state index contributed by atoms with van der Waals surface area (Å²) < 4.78 is 0. The van der Waals surface area contributed by atoms with Gasteiger partial charge in [0.15, 0.2) is 0 Å². The molecule has 0 N–H and O–H groups in total. The molecule has 1 aromatic carbocycles. The van der Waals surface area contributed by atoms with Crippen LogP contribution in [0.3, 0.4) is 0 Å². The quantitative estimate of drug-likeness (QED) is 0.838. The van der Waals surface area contributed by atoms with Crippen molar-refractivity contribution in [2.45, 2.75) is 40.0 Å². The average Bonchev–Trinajstić information content (AvgIpc) is 2.55. The highest BCUT2D eigenvalue weighted by Crippen LogP contribution is 2.24. The van der Waals surface area contributed by atoms with E-state index in [0.29, 0.717) is 30.4 Å². The number of likely N-dealkylation sites (tertiary alicyclic amines) is 1. The van der Waals surface area contributed by atoms with Gasteiger partial charge in [0.1, 0.15) is 5.71 Å². The molecule has 5 heteroatoms. The number of amides is 2. The molecule has 0 bridgehead atoms. The lowest BCUT2D eigenvalue weighted by molar-refractivity contribution is -0.126. The molecule has 2 heterocycles. The molecule has 0 aromatic heterocycles. The van der Waals surface area contributed by atoms with Crippen LogP contribution < -0.4 is 5.01 Å². The fourth-order valence-electron chi connectivity index (χ4n) is 3.61. The Bertz CT molecular complexity index is 656. The first kappa shape index (κ1) is 16.7. The number of piperidine rings is 1. The maximum Gasteiger partial charge on any atom is 0.270 e. The molecule has 24 heavy (non-hydrogen) atoms. The number of hydrogen-bond donors (Lipinski definition) is 0. The second-order valence-corrected chi connectivity index (χ2v) is 7.24. The second-order valence-electron chi connectivity index (χ2n) is 7.24. The van der Waals surface area contributed by atoms with Crippen molar-refractivity contribution in [3.05, 3.63) is 29.8 Å². The van der Waals surface area contributed by atoms with Gasteiger partial charge in [0.2, 0.25) is 5.91 Å². The predicted molar refractivity (Wildman–Crippen MR) is 94.9 cm³/mol. The predicted octanol–water partition coefficient (Wildman–Crippen LogP) is 2.98. The largest absolute Gasteiger partial charge is 0.337 e. The number of rotatable bonds is 2. The molecule has 1 fully saturated rings. The summed E-state index contributed by atoms with van der Waals surface area (Å²) in [6.07, 6.45) is 1.92. The van der Waals surface area contributed by atoms with Crippen LogP contribution in [0.5, 0.6) is 0 Å². The normalized spacial score (nSPS) is 24.8. The first-order chi connectivity index (χ1) is 11.4. The number of hydrogen-bond acceptors (Lipinski definition) is 3. The van der Waals surface area contributed by atoms with Gasteiger partial charge in [0, 0.05) is 25.9 Å². The maximum atomic E-state index is 12.8. The topological polar surface area (TPSA) is 53.0 Å². The molecular formula is C19H25N3O2. The maximum absolute atomic E-state index is 12.8. The average molecular weight is 327 g/mol. The van der Waals surface area contributed by atoms with Gasteiger partial charge in [-0.1, -0.05) is 31.5 Å². The number of carbonyl (C=O) groups is 2. The lowest BCUT2D eigenvalue weighted by atomic mass is 9.91. The van der Waals surface area contributed by atoms with Gasteiger partial charge in [-0.25, -0.2) is 5.01 Å². The molecule has 0 saturated carbocycles. The van der Waals surface area contributed by atoms with Crippen LogP contribution in [0.2, 0.25) is 0 Å². The highest BCUT2D eigenvalue weighted by Gasteiger charge is 2.31. The molecule has 2 aliphatic heterocycles. The number of anilines is 1. The summed E-state index contributed by atoms with van der Waals surface area (Å²) >= 11 is 0. The Balaban J connectivity index is 1.82. The van der Waals surface area contributed by atoms with Crippen LogP contribution in [-0.2, 0) is 9.59 Å². The van der Waals surface area contributed by atoms with Crippen molar-refractivity contribution in [1.29, 1.82) is 0 Å². The summed E-state index contributed by atoms with van der Waals surface area (Å²) in [6, 6.07) is 7.63. The molecule has 1 aromatic rings. The van der Waals surface area contributed by atoms with Gasteiger partial charge < -0.3 is 4.90 Å². The van der Waals surface area contributed by atoms with E-state index in [1.807, 2.05) is 36.1 Å². The lowest BCUT2D eigenvalue weighted by Gasteiger charge is -2.36. The number of nitrogens with zero attached hydrogens (tertiary/aromatic N) is 3. The van der Waals surface area contributed by atoms with E-state index in [0.717, 1.165) is 30.8 Å². The smallest absolute Gasteiger partial charge is 0.270 e. The Hall–Kier alpha value is -2.17. The number of carbonyl (C=O) groups excluding carboxylic acids is 2. The third kappa shape index (κ3) is 3.50. The van der Waals surface area contributed by atoms with Crippen molar-refractivity contribution in [3.8, 4) is 0 Å². The highest BCUT2D eigenvalue weighted by atomic mass is 16.2. The van der Waals surface area contributed by atoms with Gasteiger partial charge in [-0.2, -0.15) is 5.10 Å². The van der Waals surface area contributed by atoms with Crippen LogP contribution in [0.15, 0.2) is 29.4 Å². The van der Waals surface area contributed by atoms with Crippen molar-refractivity contribution < 1.29 is 9.59 Å². The molecule has 0 unspecified atom stereocenters. The summed E-state index contributed by atoms with van der Waals surface area (Å²) in [6.45, 7) is 7.92. The summed E-state index contributed by atoms with van der Waals surface area (Å²) in [5.74, 6) is 0.947. The first-order valence-corrected chi connectivity index (χ1v) is 8.70. The van der Waals surface area contributed by atoms with Crippen molar-refractivity contribution in [2.24, 2.45) is 16.9 Å². The van der Waals surface area contributed by atoms with Gasteiger partial charge in [0.25, 0.3) is 5.91 Å². The SMILES string of the molecule is Cc1ccc(N2N=C(C(=O)N3C[C@@H](C)C[C@H](C)C3)CCC2=O)cc1. The van der Waals surface area contributed by atoms with Crippen LogP contribution in [0.1, 0.15) is 38.7 Å². The highest BCUT2D eigenvalue weighted by molar-refractivity contribution is 6.40. The second kappa shape index (κ2) is 6.75. The fraction of sp³-hybridized carbons (Fsp3) is 0.526. The van der Waals surface area contributed by atoms with E-state index in [2.05, 4.69) is 18.9 Å². The summed E-state index contributed by atoms with van der Waals surface area (Å²) in [5, 5.41) is 5.78. The van der Waals surface area contributed by atoms with E-state index in [9.17, 15) is 9.59 Å². The third-order valence-electron chi connectivity index (χ3n) is 4.71. The Kier molecular flexibility index (Phi) is 4.69. The van der Waals surface area contributed by atoms with Crippen molar-refractivity contribution >= 4 is 23.2 Å². The number of benzene rings is 1. The minimum Gasteiger partial charge on any atom is -0.337 e. The van der Waals surface area contributed by atoms with E-state index in [-0.39, 0.29) is 11.8 Å². The van der Waals surface area contributed by atoms with Crippen molar-refractivity contribution in [2.75, 3.05) is 18.1 Å². The van der Waals surface area contributed by atoms with Gasteiger partial charge >= 0.3 is 0 Å². The molecular weight excluding hydrogens is 302 g/mol. The molecule has 5 nitrogen and oxygen atoms in total. The van der Waals surface area contributed by atoms with E-state index >= 15 is 0 Å².